The first-order valence-electron chi connectivity index (χ1n) is 7.60. The molecule has 0 spiro atoms. The first-order valence-corrected chi connectivity index (χ1v) is 7.60. The number of nitrogens with two attached hydrogens (primary N) is 1. The van der Waals surface area contributed by atoms with Gasteiger partial charge in [-0.3, -0.25) is 0 Å². The predicted octanol–water partition coefficient (Wildman–Crippen LogP) is 1.51. The number of aliphatic hydroxyl groups is 1. The molecule has 0 aromatic heterocycles. The Bertz CT molecular complexity index is 404. The number of hydrogen-bond acceptors (Lipinski definition) is 5. The molecule has 0 bridgehead atoms. The molecule has 0 amide bonds. The Labute approximate surface area is 126 Å². The zero-order chi connectivity index (χ0) is 15.1. The van der Waals surface area contributed by atoms with Gasteiger partial charge in [0.25, 0.3) is 0 Å². The van der Waals surface area contributed by atoms with Crippen LogP contribution in [0, 0.1) is 0 Å². The fourth-order valence-corrected chi connectivity index (χ4v) is 2.54. The number of aliphatic hydroxyl groups excluding tert-OH is 1. The number of hydrogen-bond donors (Lipinski definition) is 2. The Morgan fingerprint density at radius 2 is 2.14 bits per heavy atom. The molecule has 1 saturated heterocycles. The molecule has 2 rings (SSSR count). The van der Waals surface area contributed by atoms with Gasteiger partial charge in [0, 0.05) is 25.4 Å². The molecule has 2 atom stereocenters. The second-order valence-electron chi connectivity index (χ2n) is 5.74. The molecule has 1 heterocycles. The third-order valence-electron chi connectivity index (χ3n) is 3.63. The van der Waals surface area contributed by atoms with Gasteiger partial charge in [-0.25, -0.2) is 0 Å². The molecule has 2 unspecified atom stereocenters. The van der Waals surface area contributed by atoms with Crippen LogP contribution in [0.15, 0.2) is 24.3 Å². The van der Waals surface area contributed by atoms with Gasteiger partial charge in [0.05, 0.1) is 6.10 Å². The average Bonchev–Trinajstić information content (AvgIpc) is 2.47. The summed E-state index contributed by atoms with van der Waals surface area (Å²) < 4.78 is 11.3. The molecule has 3 N–H and O–H groups in total. The van der Waals surface area contributed by atoms with Gasteiger partial charge in [0.2, 0.25) is 0 Å². The molecule has 0 saturated carbocycles. The van der Waals surface area contributed by atoms with Gasteiger partial charge in [0.15, 0.2) is 0 Å². The Morgan fingerprint density at radius 1 is 1.38 bits per heavy atom. The molecular formula is C16H26N2O3. The van der Waals surface area contributed by atoms with E-state index >= 15 is 0 Å². The Hall–Kier alpha value is -1.30. The van der Waals surface area contributed by atoms with E-state index < -0.39 is 6.10 Å². The van der Waals surface area contributed by atoms with Crippen LogP contribution < -0.4 is 10.5 Å². The normalized spacial score (nSPS) is 20.4. The highest BCUT2D eigenvalue weighted by molar-refractivity contribution is 5.41. The number of ether oxygens (including phenoxy) is 2. The minimum Gasteiger partial charge on any atom is -0.491 e. The van der Waals surface area contributed by atoms with Crippen molar-refractivity contribution in [3.05, 3.63) is 24.3 Å². The minimum absolute atomic E-state index is 0.278. The molecule has 1 aliphatic heterocycles. The number of anilines is 1. The van der Waals surface area contributed by atoms with Gasteiger partial charge in [-0.15, -0.1) is 0 Å². The van der Waals surface area contributed by atoms with Crippen LogP contribution in [0.4, 0.5) is 5.69 Å². The van der Waals surface area contributed by atoms with Crippen molar-refractivity contribution >= 4 is 5.69 Å². The summed E-state index contributed by atoms with van der Waals surface area (Å²) >= 11 is 0. The Morgan fingerprint density at radius 3 is 2.81 bits per heavy atom. The van der Waals surface area contributed by atoms with Gasteiger partial charge in [-0.2, -0.15) is 0 Å². The lowest BCUT2D eigenvalue weighted by molar-refractivity contribution is -0.0109. The lowest BCUT2D eigenvalue weighted by atomic mass is 10.1. The number of rotatable bonds is 7. The summed E-state index contributed by atoms with van der Waals surface area (Å²) in [6.45, 7) is 2.58. The molecule has 1 aromatic carbocycles. The lowest BCUT2D eigenvalue weighted by Crippen LogP contribution is -2.39. The quantitative estimate of drug-likeness (QED) is 0.746. The predicted molar refractivity (Wildman–Crippen MR) is 83.4 cm³/mol. The van der Waals surface area contributed by atoms with Gasteiger partial charge in [0.1, 0.15) is 18.5 Å². The monoisotopic (exact) mass is 294 g/mol. The minimum atomic E-state index is -0.517. The van der Waals surface area contributed by atoms with E-state index in [2.05, 4.69) is 4.90 Å². The summed E-state index contributed by atoms with van der Waals surface area (Å²) in [6, 6.07) is 7.19. The highest BCUT2D eigenvalue weighted by Gasteiger charge is 2.17. The SMILES string of the molecule is CN(CC(O)COc1ccc(N)cc1)CC1CCCCO1. The van der Waals surface area contributed by atoms with Crippen LogP contribution in [0.5, 0.6) is 5.75 Å². The number of benzene rings is 1. The van der Waals surface area contributed by atoms with Crippen LogP contribution in [0.2, 0.25) is 0 Å². The fraction of sp³-hybridized carbons (Fsp3) is 0.625. The zero-order valence-electron chi connectivity index (χ0n) is 12.7. The van der Waals surface area contributed by atoms with E-state index in [4.69, 9.17) is 15.2 Å². The summed E-state index contributed by atoms with van der Waals surface area (Å²) in [7, 11) is 2.00. The van der Waals surface area contributed by atoms with E-state index in [1.54, 1.807) is 12.1 Å². The van der Waals surface area contributed by atoms with Gasteiger partial charge < -0.3 is 25.2 Å². The first kappa shape index (κ1) is 16.1. The Kier molecular flexibility index (Phi) is 6.29. The summed E-state index contributed by atoms with van der Waals surface area (Å²) in [5, 5.41) is 10.0. The van der Waals surface area contributed by atoms with E-state index in [-0.39, 0.29) is 6.61 Å². The molecule has 1 aliphatic rings. The lowest BCUT2D eigenvalue weighted by Gasteiger charge is -2.28. The summed E-state index contributed by atoms with van der Waals surface area (Å²) in [5.74, 6) is 0.724. The van der Waals surface area contributed by atoms with E-state index in [1.165, 1.54) is 6.42 Å². The molecule has 118 valence electrons. The van der Waals surface area contributed by atoms with E-state index in [9.17, 15) is 5.11 Å². The van der Waals surface area contributed by atoms with Crippen molar-refractivity contribution < 1.29 is 14.6 Å². The topological polar surface area (TPSA) is 68.0 Å². The number of likely N-dealkylation sites (N-methyl/N-ethyl adjacent to an activating group) is 1. The molecule has 0 aliphatic carbocycles. The number of nitrogen functional groups attached to an aromatic ring is 1. The van der Waals surface area contributed by atoms with Crippen molar-refractivity contribution in [1.29, 1.82) is 0 Å². The van der Waals surface area contributed by atoms with Crippen LogP contribution in [0.25, 0.3) is 0 Å². The average molecular weight is 294 g/mol. The summed E-state index contributed by atoms with van der Waals surface area (Å²) in [4.78, 5) is 2.10. The van der Waals surface area contributed by atoms with Crippen molar-refractivity contribution in [2.24, 2.45) is 0 Å². The highest BCUT2D eigenvalue weighted by Crippen LogP contribution is 2.15. The zero-order valence-corrected chi connectivity index (χ0v) is 12.7. The van der Waals surface area contributed by atoms with Crippen molar-refractivity contribution in [2.45, 2.75) is 31.5 Å². The van der Waals surface area contributed by atoms with Crippen LogP contribution in [-0.2, 0) is 4.74 Å². The van der Waals surface area contributed by atoms with E-state index in [1.807, 2.05) is 19.2 Å². The van der Waals surface area contributed by atoms with Crippen molar-refractivity contribution in [3.63, 3.8) is 0 Å². The summed E-state index contributed by atoms with van der Waals surface area (Å²) in [6.07, 6.45) is 3.30. The maximum atomic E-state index is 10.0. The second-order valence-corrected chi connectivity index (χ2v) is 5.74. The van der Waals surface area contributed by atoms with Crippen LogP contribution in [0.3, 0.4) is 0 Å². The maximum Gasteiger partial charge on any atom is 0.119 e. The largest absolute Gasteiger partial charge is 0.491 e. The molecule has 1 aromatic rings. The molecule has 21 heavy (non-hydrogen) atoms. The third kappa shape index (κ3) is 5.91. The fourth-order valence-electron chi connectivity index (χ4n) is 2.54. The second kappa shape index (κ2) is 8.22. The van der Waals surface area contributed by atoms with Gasteiger partial charge in [-0.05, 0) is 50.6 Å². The molecule has 1 fully saturated rings. The summed E-state index contributed by atoms with van der Waals surface area (Å²) in [5.41, 5.74) is 6.32. The molecule has 5 nitrogen and oxygen atoms in total. The van der Waals surface area contributed by atoms with Crippen molar-refractivity contribution in [3.8, 4) is 5.75 Å². The molecular weight excluding hydrogens is 268 g/mol. The van der Waals surface area contributed by atoms with Gasteiger partial charge >= 0.3 is 0 Å². The third-order valence-corrected chi connectivity index (χ3v) is 3.63. The molecule has 5 heteroatoms. The van der Waals surface area contributed by atoms with Crippen LogP contribution >= 0.6 is 0 Å². The van der Waals surface area contributed by atoms with Crippen molar-refractivity contribution in [2.75, 3.05) is 39.1 Å². The highest BCUT2D eigenvalue weighted by atomic mass is 16.5. The number of nitrogens with zero attached hydrogens (tertiary/aromatic N) is 1. The van der Waals surface area contributed by atoms with Crippen molar-refractivity contribution in [1.82, 2.24) is 4.90 Å². The molecule has 0 radical (unpaired) electrons. The van der Waals surface area contributed by atoms with E-state index in [0.717, 1.165) is 31.7 Å². The smallest absolute Gasteiger partial charge is 0.119 e. The van der Waals surface area contributed by atoms with Crippen LogP contribution in [-0.4, -0.2) is 55.6 Å². The standard InChI is InChI=1S/C16H26N2O3/c1-18(11-16-4-2-3-9-20-16)10-14(19)12-21-15-7-5-13(17)6-8-15/h5-8,14,16,19H,2-4,9-12,17H2,1H3. The van der Waals surface area contributed by atoms with Gasteiger partial charge in [-0.1, -0.05) is 0 Å². The Balaban J connectivity index is 1.65. The van der Waals surface area contributed by atoms with Crippen LogP contribution in [0.1, 0.15) is 19.3 Å². The maximum absolute atomic E-state index is 10.0. The first-order chi connectivity index (χ1) is 10.1. The van der Waals surface area contributed by atoms with E-state index in [0.29, 0.717) is 18.3 Å².